The van der Waals surface area contributed by atoms with E-state index in [1.807, 2.05) is 30.3 Å². The average molecular weight is 512 g/mol. The quantitative estimate of drug-likeness (QED) is 0.353. The first-order valence-corrected chi connectivity index (χ1v) is 13.4. The molecule has 1 aliphatic heterocycles. The van der Waals surface area contributed by atoms with E-state index in [0.717, 1.165) is 48.9 Å². The largest absolute Gasteiger partial charge is 0.496 e. The first-order chi connectivity index (χ1) is 18.4. The van der Waals surface area contributed by atoms with Crippen molar-refractivity contribution in [2.75, 3.05) is 27.7 Å². The van der Waals surface area contributed by atoms with E-state index in [2.05, 4.69) is 53.1 Å². The fraction of sp³-hybridized carbons (Fsp3) is 0.344. The highest BCUT2D eigenvalue weighted by Crippen LogP contribution is 2.54. The Morgan fingerprint density at radius 2 is 1.71 bits per heavy atom. The predicted octanol–water partition coefficient (Wildman–Crippen LogP) is 6.24. The van der Waals surface area contributed by atoms with Crippen LogP contribution in [0, 0.1) is 5.82 Å². The topological polar surface area (TPSA) is 48.6 Å². The van der Waals surface area contributed by atoms with Gasteiger partial charge in [-0.2, -0.15) is 0 Å². The molecule has 0 radical (unpaired) electrons. The minimum Gasteiger partial charge on any atom is -0.496 e. The van der Waals surface area contributed by atoms with Crippen LogP contribution in [0.25, 0.3) is 10.9 Å². The lowest BCUT2D eigenvalue weighted by atomic mass is 9.65. The number of ether oxygens (including phenoxy) is 1. The van der Waals surface area contributed by atoms with E-state index >= 15 is 0 Å². The summed E-state index contributed by atoms with van der Waals surface area (Å²) < 4.78 is 19.9. The maximum atomic E-state index is 14.4. The van der Waals surface area contributed by atoms with Crippen molar-refractivity contribution in [3.05, 3.63) is 101 Å². The SMILES string of the molecule is COc1ccccc1C(=O)N1CCc2c([nH]c3ccccc23)C12CCC(c1cccc(F)c1)(N(C)C)CC2. The van der Waals surface area contributed by atoms with E-state index in [1.54, 1.807) is 19.2 Å². The Labute approximate surface area is 223 Å². The van der Waals surface area contributed by atoms with Crippen molar-refractivity contribution in [2.45, 2.75) is 43.2 Å². The number of carbonyl (C=O) groups is 1. The van der Waals surface area contributed by atoms with Crippen LogP contribution in [0.3, 0.4) is 0 Å². The minimum atomic E-state index is -0.489. The number of carbonyl (C=O) groups excluding carboxylic acids is 1. The van der Waals surface area contributed by atoms with E-state index in [-0.39, 0.29) is 17.3 Å². The number of hydrogen-bond acceptors (Lipinski definition) is 3. The molecule has 1 aliphatic carbocycles. The molecule has 4 aromatic rings. The van der Waals surface area contributed by atoms with Crippen LogP contribution in [-0.4, -0.2) is 48.4 Å². The number of nitrogens with one attached hydrogen (secondary N) is 1. The van der Waals surface area contributed by atoms with Crippen molar-refractivity contribution in [3.8, 4) is 5.75 Å². The zero-order chi connectivity index (χ0) is 26.5. The highest BCUT2D eigenvalue weighted by molar-refractivity contribution is 5.98. The first kappa shape index (κ1) is 24.7. The number of aromatic nitrogens is 1. The summed E-state index contributed by atoms with van der Waals surface area (Å²) in [6, 6.07) is 22.9. The van der Waals surface area contributed by atoms with Crippen LogP contribution in [0.2, 0.25) is 0 Å². The summed E-state index contributed by atoms with van der Waals surface area (Å²) in [6.07, 6.45) is 3.93. The number of amides is 1. The molecule has 5 nitrogen and oxygen atoms in total. The lowest BCUT2D eigenvalue weighted by Crippen LogP contribution is -2.58. The molecule has 1 spiro atoms. The molecule has 1 fully saturated rings. The highest BCUT2D eigenvalue weighted by atomic mass is 19.1. The average Bonchev–Trinajstić information content (AvgIpc) is 3.33. The van der Waals surface area contributed by atoms with Gasteiger partial charge in [-0.05, 0) is 87.7 Å². The van der Waals surface area contributed by atoms with Crippen LogP contribution < -0.4 is 4.74 Å². The van der Waals surface area contributed by atoms with Gasteiger partial charge in [0.2, 0.25) is 0 Å². The third-order valence-corrected chi connectivity index (χ3v) is 9.09. The number of H-pyrrole nitrogens is 1. The molecule has 1 N–H and O–H groups in total. The van der Waals surface area contributed by atoms with Crippen molar-refractivity contribution in [2.24, 2.45) is 0 Å². The van der Waals surface area contributed by atoms with E-state index in [0.29, 0.717) is 17.9 Å². The van der Waals surface area contributed by atoms with Crippen LogP contribution in [0.1, 0.15) is 52.9 Å². The van der Waals surface area contributed by atoms with Gasteiger partial charge in [0.1, 0.15) is 11.6 Å². The van der Waals surface area contributed by atoms with Crippen molar-refractivity contribution in [3.63, 3.8) is 0 Å². The number of nitrogens with zero attached hydrogens (tertiary/aromatic N) is 2. The molecule has 0 bridgehead atoms. The summed E-state index contributed by atoms with van der Waals surface area (Å²) in [5.74, 6) is 0.371. The zero-order valence-electron chi connectivity index (χ0n) is 22.3. The maximum absolute atomic E-state index is 14.4. The Morgan fingerprint density at radius 3 is 2.45 bits per heavy atom. The molecule has 3 aromatic carbocycles. The van der Waals surface area contributed by atoms with Gasteiger partial charge in [0.25, 0.3) is 5.91 Å². The van der Waals surface area contributed by atoms with E-state index in [9.17, 15) is 9.18 Å². The Balaban J connectivity index is 1.48. The molecule has 0 saturated heterocycles. The molecule has 1 amide bonds. The van der Waals surface area contributed by atoms with Crippen molar-refractivity contribution < 1.29 is 13.9 Å². The van der Waals surface area contributed by atoms with Gasteiger partial charge in [0.15, 0.2) is 0 Å². The molecule has 1 saturated carbocycles. The fourth-order valence-electron chi connectivity index (χ4n) is 7.06. The van der Waals surface area contributed by atoms with Crippen LogP contribution >= 0.6 is 0 Å². The van der Waals surface area contributed by atoms with Gasteiger partial charge in [0.05, 0.1) is 18.2 Å². The van der Waals surface area contributed by atoms with E-state index in [1.165, 1.54) is 17.0 Å². The number of aromatic amines is 1. The predicted molar refractivity (Wildman–Crippen MR) is 148 cm³/mol. The summed E-state index contributed by atoms with van der Waals surface area (Å²) in [7, 11) is 5.77. The van der Waals surface area contributed by atoms with Crippen LogP contribution in [-0.2, 0) is 17.5 Å². The second-order valence-corrected chi connectivity index (χ2v) is 10.9. The lowest BCUT2D eigenvalue weighted by Gasteiger charge is -2.55. The third-order valence-electron chi connectivity index (χ3n) is 9.09. The molecule has 196 valence electrons. The fourth-order valence-corrected chi connectivity index (χ4v) is 7.06. The zero-order valence-corrected chi connectivity index (χ0v) is 22.3. The van der Waals surface area contributed by atoms with Gasteiger partial charge in [-0.3, -0.25) is 9.69 Å². The van der Waals surface area contributed by atoms with Crippen molar-refractivity contribution >= 4 is 16.8 Å². The molecule has 38 heavy (non-hydrogen) atoms. The summed E-state index contributed by atoms with van der Waals surface area (Å²) in [4.78, 5) is 22.3. The number of fused-ring (bicyclic) bond motifs is 4. The second kappa shape index (κ2) is 9.28. The number of benzene rings is 3. The Morgan fingerprint density at radius 1 is 0.974 bits per heavy atom. The molecular formula is C32H34FN3O2. The maximum Gasteiger partial charge on any atom is 0.258 e. The van der Waals surface area contributed by atoms with Crippen LogP contribution in [0.4, 0.5) is 4.39 Å². The van der Waals surface area contributed by atoms with Crippen molar-refractivity contribution in [1.29, 1.82) is 0 Å². The highest BCUT2D eigenvalue weighted by Gasteiger charge is 2.53. The van der Waals surface area contributed by atoms with Gasteiger partial charge in [0, 0.05) is 28.7 Å². The van der Waals surface area contributed by atoms with Crippen molar-refractivity contribution in [1.82, 2.24) is 14.8 Å². The van der Waals surface area contributed by atoms with Gasteiger partial charge in [-0.1, -0.05) is 42.5 Å². The summed E-state index contributed by atoms with van der Waals surface area (Å²) in [6.45, 7) is 0.640. The number of methoxy groups -OCH3 is 1. The van der Waals surface area contributed by atoms with Gasteiger partial charge in [-0.15, -0.1) is 0 Å². The lowest BCUT2D eigenvalue weighted by molar-refractivity contribution is -0.0143. The molecule has 0 atom stereocenters. The Bertz CT molecular complexity index is 1500. The molecule has 6 rings (SSSR count). The molecular weight excluding hydrogens is 477 g/mol. The minimum absolute atomic E-state index is 0.00475. The summed E-state index contributed by atoms with van der Waals surface area (Å²) in [5, 5.41) is 1.24. The standard InChI is InChI=1S/C32H34FN3O2/c1-35(2)31(22-9-8-10-23(33)21-22)16-18-32(19-17-31)29-25(24-11-4-6-13-27(24)34-29)15-20-36(32)30(37)26-12-5-7-14-28(26)38-3/h4-14,21,34H,15-20H2,1-3H3. The number of halogens is 1. The van der Waals surface area contributed by atoms with E-state index in [4.69, 9.17) is 4.74 Å². The molecule has 6 heteroatoms. The van der Waals surface area contributed by atoms with Gasteiger partial charge < -0.3 is 14.6 Å². The smallest absolute Gasteiger partial charge is 0.258 e. The Hall–Kier alpha value is -3.64. The monoisotopic (exact) mass is 511 g/mol. The van der Waals surface area contributed by atoms with Gasteiger partial charge >= 0.3 is 0 Å². The first-order valence-electron chi connectivity index (χ1n) is 13.4. The number of hydrogen-bond donors (Lipinski definition) is 1. The third kappa shape index (κ3) is 3.65. The summed E-state index contributed by atoms with van der Waals surface area (Å²) >= 11 is 0. The second-order valence-electron chi connectivity index (χ2n) is 10.9. The van der Waals surface area contributed by atoms with E-state index < -0.39 is 5.54 Å². The normalized spacial score (nSPS) is 23.1. The molecule has 1 aromatic heterocycles. The number of rotatable bonds is 4. The van der Waals surface area contributed by atoms with Crippen LogP contribution in [0.15, 0.2) is 72.8 Å². The van der Waals surface area contributed by atoms with Crippen LogP contribution in [0.5, 0.6) is 5.75 Å². The summed E-state index contributed by atoms with van der Waals surface area (Å²) in [5.41, 5.74) is 4.36. The molecule has 0 unspecified atom stereocenters. The molecule has 2 aliphatic rings. The number of para-hydroxylation sites is 2. The molecule has 2 heterocycles. The Kier molecular flexibility index (Phi) is 6.03. The van der Waals surface area contributed by atoms with Gasteiger partial charge in [-0.25, -0.2) is 4.39 Å².